The zero-order valence-electron chi connectivity index (χ0n) is 14.1. The van der Waals surface area contributed by atoms with Crippen LogP contribution < -0.4 is 10.2 Å². The van der Waals surface area contributed by atoms with E-state index in [1.807, 2.05) is 32.0 Å². The summed E-state index contributed by atoms with van der Waals surface area (Å²) in [5.41, 5.74) is 2.94. The molecule has 2 aromatic carbocycles. The standard InChI is InChI=1S/C19H21FN2O2/c1-13-8-9-14(2)18(12-13)22(15(3)23)11-10-19(24)21-17-7-5-4-6-16(17)20/h4-9,12H,10-11H2,1-3H3,(H,21,24). The molecule has 0 saturated carbocycles. The van der Waals surface area contributed by atoms with Crippen LogP contribution in [0.1, 0.15) is 24.5 Å². The molecule has 0 saturated heterocycles. The van der Waals surface area contributed by atoms with Gasteiger partial charge in [-0.15, -0.1) is 0 Å². The van der Waals surface area contributed by atoms with Crippen molar-refractivity contribution in [1.82, 2.24) is 0 Å². The summed E-state index contributed by atoms with van der Waals surface area (Å²) in [6.07, 6.45) is 0.0846. The zero-order valence-corrected chi connectivity index (χ0v) is 14.1. The summed E-state index contributed by atoms with van der Waals surface area (Å²) in [6.45, 7) is 5.58. The van der Waals surface area contributed by atoms with Crippen molar-refractivity contribution in [2.45, 2.75) is 27.2 Å². The Morgan fingerprint density at radius 3 is 2.50 bits per heavy atom. The van der Waals surface area contributed by atoms with Gasteiger partial charge in [-0.2, -0.15) is 0 Å². The molecule has 0 radical (unpaired) electrons. The van der Waals surface area contributed by atoms with Crippen LogP contribution in [0.5, 0.6) is 0 Å². The van der Waals surface area contributed by atoms with Crippen LogP contribution in [0, 0.1) is 19.7 Å². The second-order valence-corrected chi connectivity index (χ2v) is 5.74. The third-order valence-corrected chi connectivity index (χ3v) is 3.75. The molecule has 0 fully saturated rings. The van der Waals surface area contributed by atoms with Crippen LogP contribution in [0.25, 0.3) is 0 Å². The van der Waals surface area contributed by atoms with Crippen LogP contribution >= 0.6 is 0 Å². The average Bonchev–Trinajstić information content (AvgIpc) is 2.52. The summed E-state index contributed by atoms with van der Waals surface area (Å²) in [7, 11) is 0. The van der Waals surface area contributed by atoms with Gasteiger partial charge < -0.3 is 10.2 Å². The maximum absolute atomic E-state index is 13.6. The molecule has 0 aliphatic carbocycles. The Kier molecular flexibility index (Phi) is 5.68. The Hall–Kier alpha value is -2.69. The number of anilines is 2. The molecule has 2 amide bonds. The number of carbonyl (C=O) groups is 2. The van der Waals surface area contributed by atoms with E-state index in [2.05, 4.69) is 5.32 Å². The topological polar surface area (TPSA) is 49.4 Å². The Morgan fingerprint density at radius 2 is 1.83 bits per heavy atom. The van der Waals surface area contributed by atoms with E-state index < -0.39 is 5.82 Å². The Morgan fingerprint density at radius 1 is 1.12 bits per heavy atom. The van der Waals surface area contributed by atoms with Gasteiger partial charge in [-0.3, -0.25) is 9.59 Å². The van der Waals surface area contributed by atoms with Crippen molar-refractivity contribution in [3.63, 3.8) is 0 Å². The SMILES string of the molecule is CC(=O)N(CCC(=O)Nc1ccccc1F)c1cc(C)ccc1C. The molecule has 0 aliphatic rings. The van der Waals surface area contributed by atoms with Crippen LogP contribution in [-0.4, -0.2) is 18.4 Å². The van der Waals surface area contributed by atoms with Crippen molar-refractivity contribution in [2.75, 3.05) is 16.8 Å². The van der Waals surface area contributed by atoms with Gasteiger partial charge in [0.05, 0.1) is 5.69 Å². The summed E-state index contributed by atoms with van der Waals surface area (Å²) in [6, 6.07) is 11.8. The molecule has 1 N–H and O–H groups in total. The first-order valence-electron chi connectivity index (χ1n) is 7.78. The maximum Gasteiger partial charge on any atom is 0.226 e. The molecule has 5 heteroatoms. The minimum atomic E-state index is -0.483. The number of para-hydroxylation sites is 1. The number of hydrogen-bond acceptors (Lipinski definition) is 2. The lowest BCUT2D eigenvalue weighted by molar-refractivity contribution is -0.117. The molecule has 24 heavy (non-hydrogen) atoms. The van der Waals surface area contributed by atoms with Gasteiger partial charge in [0.2, 0.25) is 11.8 Å². The minimum absolute atomic E-state index is 0.0846. The molecule has 126 valence electrons. The molecular weight excluding hydrogens is 307 g/mol. The number of hydrogen-bond donors (Lipinski definition) is 1. The van der Waals surface area contributed by atoms with E-state index in [4.69, 9.17) is 0 Å². The average molecular weight is 328 g/mol. The summed E-state index contributed by atoms with van der Waals surface area (Å²) >= 11 is 0. The Labute approximate surface area is 141 Å². The lowest BCUT2D eigenvalue weighted by atomic mass is 10.1. The summed E-state index contributed by atoms with van der Waals surface area (Å²) in [5.74, 6) is -0.956. The molecular formula is C19H21FN2O2. The molecule has 2 aromatic rings. The van der Waals surface area contributed by atoms with Gasteiger partial charge in [-0.05, 0) is 43.2 Å². The Balaban J connectivity index is 2.07. The molecule has 0 atom stereocenters. The molecule has 4 nitrogen and oxygen atoms in total. The Bertz CT molecular complexity index is 759. The van der Waals surface area contributed by atoms with E-state index in [0.29, 0.717) is 0 Å². The molecule has 0 heterocycles. The number of aryl methyl sites for hydroxylation is 2. The van der Waals surface area contributed by atoms with Crippen molar-refractivity contribution in [3.8, 4) is 0 Å². The first kappa shape index (κ1) is 17.7. The number of nitrogens with one attached hydrogen (secondary N) is 1. The second kappa shape index (κ2) is 7.73. The number of benzene rings is 2. The van der Waals surface area contributed by atoms with E-state index in [9.17, 15) is 14.0 Å². The van der Waals surface area contributed by atoms with Gasteiger partial charge in [-0.25, -0.2) is 4.39 Å². The zero-order chi connectivity index (χ0) is 17.7. The lowest BCUT2D eigenvalue weighted by Crippen LogP contribution is -2.32. The summed E-state index contributed by atoms with van der Waals surface area (Å²) in [4.78, 5) is 25.6. The van der Waals surface area contributed by atoms with Crippen LogP contribution in [0.3, 0.4) is 0 Å². The fourth-order valence-corrected chi connectivity index (χ4v) is 2.45. The van der Waals surface area contributed by atoms with E-state index >= 15 is 0 Å². The highest BCUT2D eigenvalue weighted by molar-refractivity contribution is 5.95. The predicted octanol–water partition coefficient (Wildman–Crippen LogP) is 3.82. The summed E-state index contributed by atoms with van der Waals surface area (Å²) in [5, 5.41) is 2.53. The third kappa shape index (κ3) is 4.41. The van der Waals surface area contributed by atoms with E-state index in [1.165, 1.54) is 19.1 Å². The molecule has 0 spiro atoms. The van der Waals surface area contributed by atoms with Crippen molar-refractivity contribution in [2.24, 2.45) is 0 Å². The van der Waals surface area contributed by atoms with Crippen LogP contribution in [0.4, 0.5) is 15.8 Å². The van der Waals surface area contributed by atoms with E-state index in [0.717, 1.165) is 16.8 Å². The number of carbonyl (C=O) groups excluding carboxylic acids is 2. The molecule has 2 rings (SSSR count). The van der Waals surface area contributed by atoms with Crippen LogP contribution in [-0.2, 0) is 9.59 Å². The highest BCUT2D eigenvalue weighted by atomic mass is 19.1. The largest absolute Gasteiger partial charge is 0.324 e. The van der Waals surface area contributed by atoms with Gasteiger partial charge in [0, 0.05) is 25.6 Å². The van der Waals surface area contributed by atoms with Crippen molar-refractivity contribution in [3.05, 3.63) is 59.4 Å². The minimum Gasteiger partial charge on any atom is -0.324 e. The highest BCUT2D eigenvalue weighted by Gasteiger charge is 2.16. The second-order valence-electron chi connectivity index (χ2n) is 5.74. The van der Waals surface area contributed by atoms with Crippen LogP contribution in [0.2, 0.25) is 0 Å². The van der Waals surface area contributed by atoms with E-state index in [1.54, 1.807) is 17.0 Å². The predicted molar refractivity (Wildman–Crippen MR) is 93.6 cm³/mol. The number of rotatable bonds is 5. The quantitative estimate of drug-likeness (QED) is 0.907. The van der Waals surface area contributed by atoms with Gasteiger partial charge in [0.25, 0.3) is 0 Å². The maximum atomic E-state index is 13.6. The summed E-state index contributed by atoms with van der Waals surface area (Å²) < 4.78 is 13.6. The number of amides is 2. The van der Waals surface area contributed by atoms with Gasteiger partial charge >= 0.3 is 0 Å². The third-order valence-electron chi connectivity index (χ3n) is 3.75. The fraction of sp³-hybridized carbons (Fsp3) is 0.263. The van der Waals surface area contributed by atoms with Gasteiger partial charge in [0.1, 0.15) is 5.82 Å². The van der Waals surface area contributed by atoms with Crippen molar-refractivity contribution in [1.29, 1.82) is 0 Å². The molecule has 0 unspecified atom stereocenters. The molecule has 0 aliphatic heterocycles. The van der Waals surface area contributed by atoms with Crippen molar-refractivity contribution < 1.29 is 14.0 Å². The fourth-order valence-electron chi connectivity index (χ4n) is 2.45. The van der Waals surface area contributed by atoms with Crippen molar-refractivity contribution >= 4 is 23.2 Å². The first-order valence-corrected chi connectivity index (χ1v) is 7.78. The number of nitrogens with zero attached hydrogens (tertiary/aromatic N) is 1. The van der Waals surface area contributed by atoms with Gasteiger partial charge in [0.15, 0.2) is 0 Å². The highest BCUT2D eigenvalue weighted by Crippen LogP contribution is 2.22. The lowest BCUT2D eigenvalue weighted by Gasteiger charge is -2.23. The number of halogens is 1. The molecule has 0 aromatic heterocycles. The monoisotopic (exact) mass is 328 g/mol. The van der Waals surface area contributed by atoms with Crippen LogP contribution in [0.15, 0.2) is 42.5 Å². The van der Waals surface area contributed by atoms with E-state index in [-0.39, 0.29) is 30.5 Å². The smallest absolute Gasteiger partial charge is 0.226 e. The van der Waals surface area contributed by atoms with Gasteiger partial charge in [-0.1, -0.05) is 24.3 Å². The normalized spacial score (nSPS) is 10.3. The first-order chi connectivity index (χ1) is 11.4. The molecule has 0 bridgehead atoms.